The van der Waals surface area contributed by atoms with Crippen LogP contribution in [0.3, 0.4) is 0 Å². The number of halogens is 1. The number of rotatable bonds is 10. The van der Waals surface area contributed by atoms with E-state index >= 15 is 0 Å². The lowest BCUT2D eigenvalue weighted by Gasteiger charge is -2.17. The lowest BCUT2D eigenvalue weighted by molar-refractivity contribution is -0.123. The molecule has 4 aromatic rings. The normalized spacial score (nSPS) is 11.7. The molecule has 1 atom stereocenters. The third kappa shape index (κ3) is 7.23. The minimum Gasteiger partial charge on any atom is -0.462 e. The van der Waals surface area contributed by atoms with Crippen molar-refractivity contribution < 1.29 is 19.1 Å². The van der Waals surface area contributed by atoms with E-state index in [4.69, 9.17) is 16.3 Å². The molecule has 0 aliphatic carbocycles. The Bertz CT molecular complexity index is 1590. The Morgan fingerprint density at radius 3 is 2.67 bits per heavy atom. The van der Waals surface area contributed by atoms with E-state index in [2.05, 4.69) is 36.1 Å². The molecule has 2 aromatic carbocycles. The molecular weight excluding hydrogens is 540 g/mol. The van der Waals surface area contributed by atoms with Crippen LogP contribution >= 0.6 is 11.6 Å². The topological polar surface area (TPSA) is 174 Å². The summed E-state index contributed by atoms with van der Waals surface area (Å²) in [4.78, 5) is 56.5. The first-order valence-corrected chi connectivity index (χ1v) is 12.3. The number of tetrazole rings is 1. The van der Waals surface area contributed by atoms with Crippen LogP contribution in [0.25, 0.3) is 11.8 Å². The number of esters is 1. The monoisotopic (exact) mass is 562 g/mol. The number of amides is 2. The van der Waals surface area contributed by atoms with Gasteiger partial charge in [-0.15, -0.1) is 5.10 Å². The second-order valence-corrected chi connectivity index (χ2v) is 8.66. The van der Waals surface area contributed by atoms with Crippen LogP contribution in [0, 0.1) is 0 Å². The van der Waals surface area contributed by atoms with Gasteiger partial charge in [0.15, 0.2) is 0 Å². The second-order valence-electron chi connectivity index (χ2n) is 8.23. The van der Waals surface area contributed by atoms with Gasteiger partial charge in [-0.05, 0) is 47.2 Å². The molecule has 3 N–H and O–H groups in total. The summed E-state index contributed by atoms with van der Waals surface area (Å²) >= 11 is 6.14. The fourth-order valence-corrected chi connectivity index (χ4v) is 3.78. The molecule has 2 aromatic heterocycles. The number of H-pyrrole nitrogens is 1. The van der Waals surface area contributed by atoms with Crippen LogP contribution in [0.2, 0.25) is 5.02 Å². The predicted molar refractivity (Wildman–Crippen MR) is 145 cm³/mol. The van der Waals surface area contributed by atoms with Crippen LogP contribution in [0.15, 0.2) is 71.9 Å². The van der Waals surface area contributed by atoms with E-state index < -0.39 is 29.4 Å². The lowest BCUT2D eigenvalue weighted by atomic mass is 10.1. The highest BCUT2D eigenvalue weighted by Gasteiger charge is 2.22. The number of nitrogens with one attached hydrogen (secondary N) is 3. The maximum Gasteiger partial charge on any atom is 0.345 e. The first kappa shape index (κ1) is 27.9. The summed E-state index contributed by atoms with van der Waals surface area (Å²) in [6.45, 7) is 1.69. The molecule has 0 radical (unpaired) electrons. The van der Waals surface area contributed by atoms with Gasteiger partial charge in [0.1, 0.15) is 17.9 Å². The third-order valence-corrected chi connectivity index (χ3v) is 5.69. The molecular formula is C26H23ClN8O5. The van der Waals surface area contributed by atoms with E-state index in [0.29, 0.717) is 16.3 Å². The Kier molecular flexibility index (Phi) is 9.10. The zero-order valence-electron chi connectivity index (χ0n) is 21.1. The van der Waals surface area contributed by atoms with Crippen LogP contribution in [0.4, 0.5) is 5.95 Å². The summed E-state index contributed by atoms with van der Waals surface area (Å²) in [5, 5.41) is 16.7. The van der Waals surface area contributed by atoms with Crippen molar-refractivity contribution in [2.45, 2.75) is 19.4 Å². The van der Waals surface area contributed by atoms with Crippen LogP contribution in [0.1, 0.15) is 28.4 Å². The van der Waals surface area contributed by atoms with Gasteiger partial charge in [0.2, 0.25) is 17.8 Å². The van der Waals surface area contributed by atoms with Crippen molar-refractivity contribution in [2.24, 2.45) is 0 Å². The van der Waals surface area contributed by atoms with Gasteiger partial charge < -0.3 is 10.1 Å². The van der Waals surface area contributed by atoms with Crippen molar-refractivity contribution >= 4 is 41.4 Å². The zero-order valence-corrected chi connectivity index (χ0v) is 21.8. The summed E-state index contributed by atoms with van der Waals surface area (Å²) < 4.78 is 6.23. The van der Waals surface area contributed by atoms with Crippen molar-refractivity contribution in [3.05, 3.63) is 99.2 Å². The Morgan fingerprint density at radius 1 is 1.18 bits per heavy atom. The molecule has 0 unspecified atom stereocenters. The van der Waals surface area contributed by atoms with Gasteiger partial charge >= 0.3 is 5.97 Å². The molecule has 2 amide bonds. The molecule has 2 heterocycles. The minimum atomic E-state index is -1.05. The summed E-state index contributed by atoms with van der Waals surface area (Å²) in [5.74, 6) is -2.25. The van der Waals surface area contributed by atoms with Crippen LogP contribution in [-0.4, -0.2) is 60.6 Å². The summed E-state index contributed by atoms with van der Waals surface area (Å²) in [5.41, 5.74) is 0.832. The first-order chi connectivity index (χ1) is 19.3. The maximum absolute atomic E-state index is 13.2. The highest BCUT2D eigenvalue weighted by Crippen LogP contribution is 2.20. The van der Waals surface area contributed by atoms with E-state index in [1.807, 2.05) is 6.07 Å². The molecule has 204 valence electrons. The average molecular weight is 563 g/mol. The Balaban J connectivity index is 1.52. The van der Waals surface area contributed by atoms with Crippen molar-refractivity contribution in [3.63, 3.8) is 0 Å². The van der Waals surface area contributed by atoms with Gasteiger partial charge in [-0.2, -0.15) is 4.68 Å². The van der Waals surface area contributed by atoms with Gasteiger partial charge in [0.25, 0.3) is 5.56 Å². The molecule has 40 heavy (non-hydrogen) atoms. The molecule has 0 fully saturated rings. The Labute approximate surface area is 232 Å². The van der Waals surface area contributed by atoms with E-state index in [-0.39, 0.29) is 24.5 Å². The number of anilines is 1. The fraction of sp³-hybridized carbons (Fsp3) is 0.154. The standard InChI is InChI=1S/C26H23ClN8O5/c1-2-40-25(39)19-14-28-26(31-23(19)37)32-24(38)20(12-16-6-4-3-5-7-16)30-22(36)11-8-17-13-18(27)9-10-21(17)35-15-29-33-34-35/h3-11,13-15,20H,2,12H2,1H3,(H,30,36)(H2,28,31,32,37,38)/t20-/m0/s1. The molecule has 0 bridgehead atoms. The molecule has 13 nitrogen and oxygen atoms in total. The highest BCUT2D eigenvalue weighted by atomic mass is 35.5. The average Bonchev–Trinajstić information content (AvgIpc) is 3.47. The first-order valence-electron chi connectivity index (χ1n) is 12.0. The van der Waals surface area contributed by atoms with E-state index in [9.17, 15) is 19.2 Å². The second kappa shape index (κ2) is 13.1. The predicted octanol–water partition coefficient (Wildman–Crippen LogP) is 1.96. The van der Waals surface area contributed by atoms with Gasteiger partial charge in [-0.3, -0.25) is 24.7 Å². The van der Waals surface area contributed by atoms with Crippen molar-refractivity contribution in [3.8, 4) is 5.69 Å². The fourth-order valence-electron chi connectivity index (χ4n) is 3.60. The number of nitrogens with zero attached hydrogens (tertiary/aromatic N) is 5. The smallest absolute Gasteiger partial charge is 0.345 e. The number of hydrogen-bond donors (Lipinski definition) is 3. The highest BCUT2D eigenvalue weighted by molar-refractivity contribution is 6.30. The molecule has 0 aliphatic rings. The largest absolute Gasteiger partial charge is 0.462 e. The number of carbonyl (C=O) groups is 3. The summed E-state index contributed by atoms with van der Waals surface area (Å²) in [6.07, 6.45) is 5.32. The number of aromatic nitrogens is 6. The number of hydrogen-bond acceptors (Lipinski definition) is 9. The molecule has 0 aliphatic heterocycles. The van der Waals surface area contributed by atoms with Crippen molar-refractivity contribution in [2.75, 3.05) is 11.9 Å². The van der Waals surface area contributed by atoms with Crippen LogP contribution < -0.4 is 16.2 Å². The van der Waals surface area contributed by atoms with Crippen LogP contribution in [-0.2, 0) is 20.7 Å². The van der Waals surface area contributed by atoms with Gasteiger partial charge in [-0.25, -0.2) is 9.78 Å². The Hall–Kier alpha value is -5.17. The lowest BCUT2D eigenvalue weighted by Crippen LogP contribution is -2.45. The van der Waals surface area contributed by atoms with Crippen molar-refractivity contribution in [1.82, 2.24) is 35.5 Å². The molecule has 4 rings (SSSR count). The SMILES string of the molecule is CCOC(=O)c1cnc(NC(=O)[C@H](Cc2ccccc2)NC(=O)C=Cc2cc(Cl)ccc2-n2cnnn2)[nH]c1=O. The van der Waals surface area contributed by atoms with E-state index in [1.165, 1.54) is 23.2 Å². The summed E-state index contributed by atoms with van der Waals surface area (Å²) in [7, 11) is 0. The molecule has 0 saturated carbocycles. The molecule has 0 saturated heterocycles. The van der Waals surface area contributed by atoms with Gasteiger partial charge in [-0.1, -0.05) is 41.9 Å². The quantitative estimate of drug-likeness (QED) is 0.193. The number of carbonyl (C=O) groups excluding carboxylic acids is 3. The van der Waals surface area contributed by atoms with Crippen molar-refractivity contribution in [1.29, 1.82) is 0 Å². The van der Waals surface area contributed by atoms with Gasteiger partial charge in [0.05, 0.1) is 18.5 Å². The number of benzene rings is 2. The van der Waals surface area contributed by atoms with Gasteiger partial charge in [0, 0.05) is 23.1 Å². The maximum atomic E-state index is 13.2. The molecule has 14 heteroatoms. The summed E-state index contributed by atoms with van der Waals surface area (Å²) in [6, 6.07) is 13.0. The number of aromatic amines is 1. The third-order valence-electron chi connectivity index (χ3n) is 5.45. The Morgan fingerprint density at radius 2 is 1.98 bits per heavy atom. The number of ether oxygens (including phenoxy) is 1. The van der Waals surface area contributed by atoms with Crippen LogP contribution in [0.5, 0.6) is 0 Å². The minimum absolute atomic E-state index is 0.0857. The molecule has 0 spiro atoms. The zero-order chi connectivity index (χ0) is 28.5. The van der Waals surface area contributed by atoms with E-state index in [0.717, 1.165) is 11.8 Å². The van der Waals surface area contributed by atoms with E-state index in [1.54, 1.807) is 49.4 Å².